The summed E-state index contributed by atoms with van der Waals surface area (Å²) in [5, 5.41) is 3.41. The number of carbonyl (C=O) groups is 1. The summed E-state index contributed by atoms with van der Waals surface area (Å²) < 4.78 is 7.11. The van der Waals surface area contributed by atoms with Crippen molar-refractivity contribution in [2.24, 2.45) is 4.99 Å². The van der Waals surface area contributed by atoms with Crippen LogP contribution in [0, 0.1) is 0 Å². The van der Waals surface area contributed by atoms with E-state index in [1.54, 1.807) is 42.8 Å². The lowest BCUT2D eigenvalue weighted by Gasteiger charge is -2.36. The van der Waals surface area contributed by atoms with Crippen LogP contribution in [0.15, 0.2) is 64.9 Å². The molecule has 0 aromatic carbocycles. The monoisotopic (exact) mass is 521 g/mol. The first-order chi connectivity index (χ1) is 14.3. The lowest BCUT2D eigenvalue weighted by Crippen LogP contribution is -2.53. The van der Waals surface area contributed by atoms with Crippen LogP contribution in [-0.2, 0) is 6.54 Å². The molecule has 1 fully saturated rings. The zero-order chi connectivity index (χ0) is 20.1. The number of guanidine groups is 1. The van der Waals surface area contributed by atoms with Gasteiger partial charge in [-0.3, -0.25) is 14.4 Å². The van der Waals surface area contributed by atoms with Crippen LogP contribution in [0.2, 0.25) is 0 Å². The van der Waals surface area contributed by atoms with Gasteiger partial charge in [-0.05, 0) is 18.2 Å². The zero-order valence-corrected chi connectivity index (χ0v) is 19.0. The van der Waals surface area contributed by atoms with E-state index in [0.29, 0.717) is 38.5 Å². The van der Waals surface area contributed by atoms with Gasteiger partial charge in [0, 0.05) is 63.9 Å². The molecule has 0 unspecified atom stereocenters. The lowest BCUT2D eigenvalue weighted by atomic mass is 10.2. The molecule has 0 spiro atoms. The van der Waals surface area contributed by atoms with Crippen molar-refractivity contribution in [3.63, 3.8) is 0 Å². The Kier molecular flexibility index (Phi) is 7.44. The molecule has 0 radical (unpaired) electrons. The average molecular weight is 521 g/mol. The van der Waals surface area contributed by atoms with Gasteiger partial charge in [0.15, 0.2) is 11.7 Å². The summed E-state index contributed by atoms with van der Waals surface area (Å²) in [6.07, 6.45) is 8.62. The maximum Gasteiger partial charge on any atom is 0.289 e. The van der Waals surface area contributed by atoms with Gasteiger partial charge in [0.2, 0.25) is 0 Å². The Labute approximate surface area is 191 Å². The van der Waals surface area contributed by atoms with Crippen molar-refractivity contribution in [1.82, 2.24) is 29.7 Å². The van der Waals surface area contributed by atoms with E-state index in [0.717, 1.165) is 17.3 Å². The number of hydrogen-bond donors (Lipinski definition) is 1. The second-order valence-corrected chi connectivity index (χ2v) is 6.61. The van der Waals surface area contributed by atoms with Crippen LogP contribution < -0.4 is 5.32 Å². The highest BCUT2D eigenvalue weighted by atomic mass is 127. The van der Waals surface area contributed by atoms with Crippen LogP contribution in [0.3, 0.4) is 0 Å². The number of carbonyl (C=O) groups excluding carboxylic acids is 1. The normalized spacial score (nSPS) is 14.4. The standard InChI is InChI=1S/C20H23N7O2.HI/c1-21-20(24-14-16-4-2-6-23-18(16)27-8-7-22-15-27)26-11-9-25(10-12-26)19(28)17-5-3-13-29-17;/h2-8,13,15H,9-12,14H2,1H3,(H,21,24);1H. The van der Waals surface area contributed by atoms with Crippen molar-refractivity contribution in [2.75, 3.05) is 33.2 Å². The fraction of sp³-hybridized carbons (Fsp3) is 0.300. The Morgan fingerprint density at radius 2 is 1.97 bits per heavy atom. The minimum absolute atomic E-state index is 0. The predicted octanol–water partition coefficient (Wildman–Crippen LogP) is 2.01. The van der Waals surface area contributed by atoms with E-state index >= 15 is 0 Å². The fourth-order valence-corrected chi connectivity index (χ4v) is 3.37. The second-order valence-electron chi connectivity index (χ2n) is 6.61. The molecular weight excluding hydrogens is 497 g/mol. The smallest absolute Gasteiger partial charge is 0.289 e. The Hall–Kier alpha value is -2.89. The number of aromatic nitrogens is 3. The van der Waals surface area contributed by atoms with Crippen molar-refractivity contribution in [2.45, 2.75) is 6.54 Å². The molecular formula is C20H24IN7O2. The van der Waals surface area contributed by atoms with Gasteiger partial charge in [0.05, 0.1) is 6.26 Å². The molecule has 4 heterocycles. The maximum absolute atomic E-state index is 12.4. The molecule has 9 nitrogen and oxygen atoms in total. The molecule has 1 saturated heterocycles. The summed E-state index contributed by atoms with van der Waals surface area (Å²) in [7, 11) is 1.77. The van der Waals surface area contributed by atoms with Crippen LogP contribution in [0.5, 0.6) is 0 Å². The Morgan fingerprint density at radius 1 is 1.17 bits per heavy atom. The van der Waals surface area contributed by atoms with Gasteiger partial charge in [-0.25, -0.2) is 9.97 Å². The highest BCUT2D eigenvalue weighted by molar-refractivity contribution is 14.0. The highest BCUT2D eigenvalue weighted by Crippen LogP contribution is 2.12. The zero-order valence-electron chi connectivity index (χ0n) is 16.6. The van der Waals surface area contributed by atoms with Crippen LogP contribution in [0.25, 0.3) is 5.82 Å². The molecule has 1 N–H and O–H groups in total. The number of nitrogens with one attached hydrogen (secondary N) is 1. The third kappa shape index (κ3) is 4.81. The van der Waals surface area contributed by atoms with E-state index in [2.05, 4.69) is 25.2 Å². The third-order valence-corrected chi connectivity index (χ3v) is 4.86. The summed E-state index contributed by atoms with van der Waals surface area (Å²) in [6.45, 7) is 3.22. The number of piperazine rings is 1. The number of rotatable bonds is 4. The topological polar surface area (TPSA) is 91.8 Å². The van der Waals surface area contributed by atoms with Crippen LogP contribution >= 0.6 is 24.0 Å². The van der Waals surface area contributed by atoms with E-state index in [1.807, 2.05) is 22.9 Å². The molecule has 1 aliphatic rings. The molecule has 30 heavy (non-hydrogen) atoms. The Morgan fingerprint density at radius 3 is 2.63 bits per heavy atom. The molecule has 0 saturated carbocycles. The molecule has 1 amide bonds. The average Bonchev–Trinajstić information content (AvgIpc) is 3.49. The van der Waals surface area contributed by atoms with Crippen molar-refractivity contribution < 1.29 is 9.21 Å². The number of imidazole rings is 1. The number of hydrogen-bond acceptors (Lipinski definition) is 5. The lowest BCUT2D eigenvalue weighted by molar-refractivity contribution is 0.0657. The molecule has 3 aromatic rings. The number of aliphatic imine (C=N–C) groups is 1. The van der Waals surface area contributed by atoms with Gasteiger partial charge < -0.3 is 19.5 Å². The van der Waals surface area contributed by atoms with Crippen LogP contribution in [0.4, 0.5) is 0 Å². The summed E-state index contributed by atoms with van der Waals surface area (Å²) in [4.78, 5) is 29.4. The van der Waals surface area contributed by atoms with Gasteiger partial charge in [0.25, 0.3) is 5.91 Å². The quantitative estimate of drug-likeness (QED) is 0.321. The van der Waals surface area contributed by atoms with Gasteiger partial charge in [-0.1, -0.05) is 6.07 Å². The SMILES string of the molecule is CN=C(NCc1cccnc1-n1ccnc1)N1CCN(C(=O)c2ccco2)CC1.I. The van der Waals surface area contributed by atoms with E-state index in [-0.39, 0.29) is 29.9 Å². The maximum atomic E-state index is 12.4. The van der Waals surface area contributed by atoms with Gasteiger partial charge in [0.1, 0.15) is 12.1 Å². The van der Waals surface area contributed by atoms with Crippen molar-refractivity contribution >= 4 is 35.8 Å². The van der Waals surface area contributed by atoms with Gasteiger partial charge in [-0.15, -0.1) is 24.0 Å². The minimum Gasteiger partial charge on any atom is -0.459 e. The Bertz CT molecular complexity index is 965. The molecule has 3 aromatic heterocycles. The molecule has 158 valence electrons. The van der Waals surface area contributed by atoms with E-state index in [4.69, 9.17) is 4.42 Å². The van der Waals surface area contributed by atoms with E-state index < -0.39 is 0 Å². The van der Waals surface area contributed by atoms with E-state index in [1.165, 1.54) is 6.26 Å². The molecule has 10 heteroatoms. The summed E-state index contributed by atoms with van der Waals surface area (Å²) in [5.74, 6) is 1.94. The molecule has 0 atom stereocenters. The molecule has 0 aliphatic carbocycles. The number of nitrogens with zero attached hydrogens (tertiary/aromatic N) is 6. The minimum atomic E-state index is -0.0714. The molecule has 4 rings (SSSR count). The third-order valence-electron chi connectivity index (χ3n) is 4.86. The molecule has 0 bridgehead atoms. The summed E-state index contributed by atoms with van der Waals surface area (Å²) in [5.41, 5.74) is 1.04. The van der Waals surface area contributed by atoms with Crippen LogP contribution in [-0.4, -0.2) is 69.4 Å². The van der Waals surface area contributed by atoms with Gasteiger partial charge in [-0.2, -0.15) is 0 Å². The van der Waals surface area contributed by atoms with Crippen molar-refractivity contribution in [1.29, 1.82) is 0 Å². The van der Waals surface area contributed by atoms with E-state index in [9.17, 15) is 4.79 Å². The largest absolute Gasteiger partial charge is 0.459 e. The Balaban J connectivity index is 0.00000256. The molecule has 1 aliphatic heterocycles. The second kappa shape index (κ2) is 10.2. The van der Waals surface area contributed by atoms with Crippen LogP contribution in [0.1, 0.15) is 16.1 Å². The number of amides is 1. The first kappa shape index (κ1) is 21.8. The van der Waals surface area contributed by atoms with Gasteiger partial charge >= 0.3 is 0 Å². The van der Waals surface area contributed by atoms with Crippen molar-refractivity contribution in [3.05, 3.63) is 66.8 Å². The highest BCUT2D eigenvalue weighted by Gasteiger charge is 2.25. The number of pyridine rings is 1. The summed E-state index contributed by atoms with van der Waals surface area (Å²) in [6, 6.07) is 7.37. The van der Waals surface area contributed by atoms with Crippen molar-refractivity contribution in [3.8, 4) is 5.82 Å². The first-order valence-electron chi connectivity index (χ1n) is 9.47. The first-order valence-corrected chi connectivity index (χ1v) is 9.47. The predicted molar refractivity (Wildman–Crippen MR) is 123 cm³/mol. The number of furan rings is 1. The summed E-state index contributed by atoms with van der Waals surface area (Å²) >= 11 is 0. The number of halogens is 1. The fourth-order valence-electron chi connectivity index (χ4n) is 3.37.